The Morgan fingerprint density at radius 2 is 2.11 bits per heavy atom. The first-order valence-corrected chi connectivity index (χ1v) is 9.68. The molecule has 0 radical (unpaired) electrons. The summed E-state index contributed by atoms with van der Waals surface area (Å²) in [5.41, 5.74) is 5.55. The van der Waals surface area contributed by atoms with Gasteiger partial charge in [0.15, 0.2) is 5.65 Å². The van der Waals surface area contributed by atoms with Gasteiger partial charge in [-0.25, -0.2) is 9.50 Å². The molecule has 4 heterocycles. The number of likely N-dealkylation sites (tertiary alicyclic amines) is 1. The summed E-state index contributed by atoms with van der Waals surface area (Å²) in [5.74, 6) is 0.330. The van der Waals surface area contributed by atoms with Crippen molar-refractivity contribution in [2.45, 2.75) is 32.6 Å². The molecular formula is C22H22N4O2. The van der Waals surface area contributed by atoms with Gasteiger partial charge in [0.2, 0.25) is 0 Å². The molecule has 1 atom stereocenters. The van der Waals surface area contributed by atoms with E-state index in [1.807, 2.05) is 47.5 Å². The molecule has 28 heavy (non-hydrogen) atoms. The second kappa shape index (κ2) is 6.48. The summed E-state index contributed by atoms with van der Waals surface area (Å²) in [7, 11) is 0. The number of hydrogen-bond acceptors (Lipinski definition) is 4. The van der Waals surface area contributed by atoms with Crippen molar-refractivity contribution < 1.29 is 9.21 Å². The number of rotatable bonds is 2. The molecule has 6 heteroatoms. The number of amides is 1. The van der Waals surface area contributed by atoms with Crippen molar-refractivity contribution in [3.05, 3.63) is 65.3 Å². The summed E-state index contributed by atoms with van der Waals surface area (Å²) in [6.07, 6.45) is 5.53. The maximum atomic E-state index is 13.2. The highest BCUT2D eigenvalue weighted by molar-refractivity contribution is 5.98. The summed E-state index contributed by atoms with van der Waals surface area (Å²) >= 11 is 0. The van der Waals surface area contributed by atoms with Gasteiger partial charge in [0.25, 0.3) is 5.91 Å². The summed E-state index contributed by atoms with van der Waals surface area (Å²) in [4.78, 5) is 19.7. The van der Waals surface area contributed by atoms with Crippen molar-refractivity contribution in [2.75, 3.05) is 13.1 Å². The van der Waals surface area contributed by atoms with Crippen LogP contribution in [0, 0.1) is 13.8 Å². The topological polar surface area (TPSA) is 63.6 Å². The van der Waals surface area contributed by atoms with Gasteiger partial charge in [-0.1, -0.05) is 0 Å². The molecule has 1 aromatic carbocycles. The quantitative estimate of drug-likeness (QED) is 0.530. The van der Waals surface area contributed by atoms with Crippen molar-refractivity contribution in [3.8, 4) is 0 Å². The average Bonchev–Trinajstić information content (AvgIpc) is 3.33. The van der Waals surface area contributed by atoms with Gasteiger partial charge in [-0.15, -0.1) is 0 Å². The Labute approximate surface area is 162 Å². The average molecular weight is 374 g/mol. The molecule has 142 valence electrons. The smallest absolute Gasteiger partial charge is 0.253 e. The van der Waals surface area contributed by atoms with Crippen LogP contribution in [0.15, 0.2) is 47.2 Å². The second-order valence-corrected chi connectivity index (χ2v) is 7.64. The molecule has 0 saturated carbocycles. The van der Waals surface area contributed by atoms with E-state index in [-0.39, 0.29) is 11.8 Å². The summed E-state index contributed by atoms with van der Waals surface area (Å²) < 4.78 is 7.42. The Hall–Kier alpha value is -3.15. The number of hydrogen-bond donors (Lipinski definition) is 0. The lowest BCUT2D eigenvalue weighted by Gasteiger charge is -2.33. The van der Waals surface area contributed by atoms with Crippen molar-refractivity contribution in [3.63, 3.8) is 0 Å². The van der Waals surface area contributed by atoms with Crippen molar-refractivity contribution >= 4 is 22.5 Å². The minimum Gasteiger partial charge on any atom is -0.464 e. The molecule has 3 aromatic heterocycles. The van der Waals surface area contributed by atoms with Crippen LogP contribution in [-0.2, 0) is 0 Å². The predicted molar refractivity (Wildman–Crippen MR) is 107 cm³/mol. The lowest BCUT2D eigenvalue weighted by atomic mass is 9.93. The first-order valence-electron chi connectivity index (χ1n) is 9.68. The SMILES string of the molecule is Cc1cc([C@H]2CCCN(C(=O)c3ccc4occ(C)c4c3)C2)n2nccc2n1. The Morgan fingerprint density at radius 1 is 1.21 bits per heavy atom. The van der Waals surface area contributed by atoms with Crippen LogP contribution < -0.4 is 0 Å². The third-order valence-electron chi connectivity index (χ3n) is 5.66. The molecule has 5 rings (SSSR count). The standard InChI is InChI=1S/C22H22N4O2/c1-14-13-28-20-6-5-16(11-18(14)20)22(27)25-9-3-4-17(12-25)19-10-15(2)24-21-7-8-23-26(19)21/h5-8,10-11,13,17H,3-4,9,12H2,1-2H3/t17-/m0/s1. The van der Waals surface area contributed by atoms with Crippen LogP contribution in [-0.4, -0.2) is 38.5 Å². The van der Waals surface area contributed by atoms with Crippen LogP contribution in [0.25, 0.3) is 16.6 Å². The zero-order valence-corrected chi connectivity index (χ0v) is 16.1. The number of nitrogens with zero attached hydrogens (tertiary/aromatic N) is 4. The molecule has 1 amide bonds. The third kappa shape index (κ3) is 2.76. The lowest BCUT2D eigenvalue weighted by Crippen LogP contribution is -2.39. The number of piperidine rings is 1. The van der Waals surface area contributed by atoms with E-state index in [2.05, 4.69) is 16.1 Å². The van der Waals surface area contributed by atoms with Gasteiger partial charge in [-0.05, 0) is 56.5 Å². The van der Waals surface area contributed by atoms with Gasteiger partial charge in [-0.3, -0.25) is 4.79 Å². The highest BCUT2D eigenvalue weighted by Gasteiger charge is 2.27. The first kappa shape index (κ1) is 17.0. The van der Waals surface area contributed by atoms with Gasteiger partial charge < -0.3 is 9.32 Å². The highest BCUT2D eigenvalue weighted by Crippen LogP contribution is 2.29. The van der Waals surface area contributed by atoms with Gasteiger partial charge in [0, 0.05) is 41.7 Å². The number of aryl methyl sites for hydroxylation is 2. The van der Waals surface area contributed by atoms with Crippen LogP contribution in [0.3, 0.4) is 0 Å². The molecule has 1 aliphatic heterocycles. The van der Waals surface area contributed by atoms with E-state index in [4.69, 9.17) is 4.42 Å². The number of furan rings is 1. The monoisotopic (exact) mass is 374 g/mol. The Morgan fingerprint density at radius 3 is 3.00 bits per heavy atom. The maximum absolute atomic E-state index is 13.2. The largest absolute Gasteiger partial charge is 0.464 e. The van der Waals surface area contributed by atoms with Crippen molar-refractivity contribution in [2.24, 2.45) is 0 Å². The normalized spacial score (nSPS) is 17.5. The molecule has 1 fully saturated rings. The number of fused-ring (bicyclic) bond motifs is 2. The Bertz CT molecular complexity index is 1190. The predicted octanol–water partition coefficient (Wildman–Crippen LogP) is 4.11. The van der Waals surface area contributed by atoms with E-state index >= 15 is 0 Å². The van der Waals surface area contributed by atoms with Crippen LogP contribution in [0.1, 0.15) is 46.1 Å². The minimum absolute atomic E-state index is 0.0784. The van der Waals surface area contributed by atoms with Crippen LogP contribution in [0.5, 0.6) is 0 Å². The summed E-state index contributed by atoms with van der Waals surface area (Å²) in [6.45, 7) is 5.48. The molecule has 4 aromatic rings. The second-order valence-electron chi connectivity index (χ2n) is 7.64. The van der Waals surface area contributed by atoms with E-state index in [9.17, 15) is 4.79 Å². The summed E-state index contributed by atoms with van der Waals surface area (Å²) in [5, 5.41) is 5.44. The number of carbonyl (C=O) groups excluding carboxylic acids is 1. The van der Waals surface area contributed by atoms with Gasteiger partial charge in [0.05, 0.1) is 18.2 Å². The van der Waals surface area contributed by atoms with Crippen LogP contribution in [0.4, 0.5) is 0 Å². The van der Waals surface area contributed by atoms with E-state index in [0.29, 0.717) is 12.1 Å². The molecule has 0 aliphatic carbocycles. The third-order valence-corrected chi connectivity index (χ3v) is 5.66. The molecule has 1 saturated heterocycles. The maximum Gasteiger partial charge on any atom is 0.253 e. The summed E-state index contributed by atoms with van der Waals surface area (Å²) in [6, 6.07) is 9.71. The molecular weight excluding hydrogens is 352 g/mol. The number of carbonyl (C=O) groups is 1. The van der Waals surface area contributed by atoms with E-state index < -0.39 is 0 Å². The Kier molecular flexibility index (Phi) is 3.93. The minimum atomic E-state index is 0.0784. The first-order chi connectivity index (χ1) is 13.6. The fourth-order valence-corrected chi connectivity index (χ4v) is 4.23. The van der Waals surface area contributed by atoms with E-state index in [1.54, 1.807) is 12.5 Å². The van der Waals surface area contributed by atoms with E-state index in [1.165, 1.54) is 0 Å². The van der Waals surface area contributed by atoms with Gasteiger partial charge in [0.1, 0.15) is 5.58 Å². The zero-order valence-electron chi connectivity index (χ0n) is 16.1. The molecule has 1 aliphatic rings. The molecule has 6 nitrogen and oxygen atoms in total. The highest BCUT2D eigenvalue weighted by atomic mass is 16.3. The molecule has 0 unspecified atom stereocenters. The Balaban J connectivity index is 1.45. The van der Waals surface area contributed by atoms with Crippen LogP contribution >= 0.6 is 0 Å². The molecule has 0 N–H and O–H groups in total. The van der Waals surface area contributed by atoms with E-state index in [0.717, 1.165) is 53.0 Å². The van der Waals surface area contributed by atoms with Crippen molar-refractivity contribution in [1.29, 1.82) is 0 Å². The fraction of sp³-hybridized carbons (Fsp3) is 0.318. The zero-order chi connectivity index (χ0) is 19.3. The lowest BCUT2D eigenvalue weighted by molar-refractivity contribution is 0.0705. The number of benzene rings is 1. The molecule has 0 spiro atoms. The van der Waals surface area contributed by atoms with Gasteiger partial charge >= 0.3 is 0 Å². The number of aromatic nitrogens is 3. The fourth-order valence-electron chi connectivity index (χ4n) is 4.23. The van der Waals surface area contributed by atoms with Gasteiger partial charge in [-0.2, -0.15) is 5.10 Å². The van der Waals surface area contributed by atoms with Crippen LogP contribution in [0.2, 0.25) is 0 Å². The van der Waals surface area contributed by atoms with Crippen molar-refractivity contribution in [1.82, 2.24) is 19.5 Å². The molecule has 0 bridgehead atoms.